The highest BCUT2D eigenvalue weighted by atomic mass is 16.5. The molecule has 4 heterocycles. The SMILES string of the molecule is Cc1cc(C)c(CNC(=O)c2cc3c(-c4ccc(N(C)C)cc4)ccn3c(OC(C(C)C)N3CCOCC3)c2C)c(=O)[nH]1. The van der Waals surface area contributed by atoms with Crippen molar-refractivity contribution in [3.8, 4) is 17.0 Å². The van der Waals surface area contributed by atoms with Crippen molar-refractivity contribution < 1.29 is 14.3 Å². The second-order valence-electron chi connectivity index (χ2n) is 11.9. The highest BCUT2D eigenvalue weighted by Gasteiger charge is 2.28. The van der Waals surface area contributed by atoms with Gasteiger partial charge in [0.2, 0.25) is 5.88 Å². The van der Waals surface area contributed by atoms with Crippen LogP contribution < -0.4 is 20.5 Å². The van der Waals surface area contributed by atoms with Crippen LogP contribution in [0.1, 0.15) is 46.6 Å². The van der Waals surface area contributed by atoms with Crippen molar-refractivity contribution in [2.45, 2.75) is 47.4 Å². The lowest BCUT2D eigenvalue weighted by Gasteiger charge is -2.37. The Morgan fingerprint density at radius 2 is 1.77 bits per heavy atom. The maximum absolute atomic E-state index is 13.8. The van der Waals surface area contributed by atoms with Gasteiger partial charge >= 0.3 is 0 Å². The monoisotopic (exact) mass is 585 g/mol. The van der Waals surface area contributed by atoms with E-state index < -0.39 is 0 Å². The van der Waals surface area contributed by atoms with E-state index in [1.807, 2.05) is 57.6 Å². The number of rotatable bonds is 9. The van der Waals surface area contributed by atoms with Crippen molar-refractivity contribution in [1.82, 2.24) is 19.6 Å². The number of ether oxygens (including phenoxy) is 2. The molecule has 0 aliphatic carbocycles. The summed E-state index contributed by atoms with van der Waals surface area (Å²) in [6.07, 6.45) is 1.82. The number of aromatic amines is 1. The number of carbonyl (C=O) groups is 1. The number of nitrogens with zero attached hydrogens (tertiary/aromatic N) is 3. The molecule has 1 aromatic carbocycles. The third-order valence-electron chi connectivity index (χ3n) is 8.22. The molecule has 4 aromatic rings. The van der Waals surface area contributed by atoms with E-state index in [9.17, 15) is 9.59 Å². The summed E-state index contributed by atoms with van der Waals surface area (Å²) in [5, 5.41) is 3.00. The second kappa shape index (κ2) is 12.7. The van der Waals surface area contributed by atoms with E-state index in [-0.39, 0.29) is 30.2 Å². The van der Waals surface area contributed by atoms with Crippen molar-refractivity contribution in [1.29, 1.82) is 0 Å². The number of benzene rings is 1. The van der Waals surface area contributed by atoms with Gasteiger partial charge in [-0.3, -0.25) is 18.9 Å². The fourth-order valence-electron chi connectivity index (χ4n) is 5.82. The molecule has 0 spiro atoms. The Morgan fingerprint density at radius 1 is 1.07 bits per heavy atom. The van der Waals surface area contributed by atoms with Gasteiger partial charge in [-0.25, -0.2) is 0 Å². The molecule has 1 unspecified atom stereocenters. The van der Waals surface area contributed by atoms with Crippen LogP contribution in [0, 0.1) is 26.7 Å². The first-order valence-electron chi connectivity index (χ1n) is 14.9. The minimum absolute atomic E-state index is 0.128. The molecule has 0 saturated carbocycles. The van der Waals surface area contributed by atoms with Crippen LogP contribution in [0.5, 0.6) is 5.88 Å². The van der Waals surface area contributed by atoms with E-state index in [2.05, 4.69) is 64.3 Å². The summed E-state index contributed by atoms with van der Waals surface area (Å²) >= 11 is 0. The number of hydrogen-bond acceptors (Lipinski definition) is 6. The zero-order valence-electron chi connectivity index (χ0n) is 26.3. The average Bonchev–Trinajstić information content (AvgIpc) is 3.39. The topological polar surface area (TPSA) is 91.3 Å². The van der Waals surface area contributed by atoms with Gasteiger partial charge in [-0.1, -0.05) is 26.0 Å². The summed E-state index contributed by atoms with van der Waals surface area (Å²) in [4.78, 5) is 33.7. The number of morpholine rings is 1. The number of aryl methyl sites for hydroxylation is 2. The predicted octanol–water partition coefficient (Wildman–Crippen LogP) is 4.91. The van der Waals surface area contributed by atoms with Crippen molar-refractivity contribution >= 4 is 17.1 Å². The molecule has 9 heteroatoms. The molecule has 9 nitrogen and oxygen atoms in total. The largest absolute Gasteiger partial charge is 0.459 e. The van der Waals surface area contributed by atoms with Crippen LogP contribution in [0.2, 0.25) is 0 Å². The van der Waals surface area contributed by atoms with Crippen LogP contribution >= 0.6 is 0 Å². The predicted molar refractivity (Wildman–Crippen MR) is 171 cm³/mol. The molecule has 0 radical (unpaired) electrons. The Morgan fingerprint density at radius 3 is 2.40 bits per heavy atom. The lowest BCUT2D eigenvalue weighted by atomic mass is 10.0. The first kappa shape index (κ1) is 30.4. The summed E-state index contributed by atoms with van der Waals surface area (Å²) < 4.78 is 14.5. The maximum Gasteiger partial charge on any atom is 0.253 e. The Bertz CT molecular complexity index is 1660. The minimum atomic E-state index is -0.258. The molecule has 43 heavy (non-hydrogen) atoms. The van der Waals surface area contributed by atoms with Crippen LogP contribution in [0.25, 0.3) is 16.6 Å². The molecule has 3 aromatic heterocycles. The minimum Gasteiger partial charge on any atom is -0.459 e. The lowest BCUT2D eigenvalue weighted by molar-refractivity contribution is -0.0674. The molecule has 5 rings (SSSR count). The summed E-state index contributed by atoms with van der Waals surface area (Å²) in [5.74, 6) is 0.579. The van der Waals surface area contributed by atoms with Gasteiger partial charge in [0.25, 0.3) is 11.5 Å². The van der Waals surface area contributed by atoms with E-state index >= 15 is 0 Å². The zero-order valence-corrected chi connectivity index (χ0v) is 26.3. The number of hydrogen-bond donors (Lipinski definition) is 2. The first-order valence-corrected chi connectivity index (χ1v) is 14.9. The highest BCUT2D eigenvalue weighted by molar-refractivity contribution is 5.99. The van der Waals surface area contributed by atoms with Crippen molar-refractivity contribution in [2.24, 2.45) is 5.92 Å². The number of aromatic nitrogens is 2. The summed E-state index contributed by atoms with van der Waals surface area (Å²) in [7, 11) is 4.04. The Kier molecular flexibility index (Phi) is 8.94. The number of amides is 1. The third-order valence-corrected chi connectivity index (χ3v) is 8.22. The van der Waals surface area contributed by atoms with Gasteiger partial charge in [-0.15, -0.1) is 0 Å². The zero-order chi connectivity index (χ0) is 30.8. The molecule has 2 N–H and O–H groups in total. The number of fused-ring (bicyclic) bond motifs is 1. The summed E-state index contributed by atoms with van der Waals surface area (Å²) in [6.45, 7) is 13.0. The Hall–Kier alpha value is -4.08. The van der Waals surface area contributed by atoms with Gasteiger partial charge in [0.05, 0.1) is 18.7 Å². The quantitative estimate of drug-likeness (QED) is 0.290. The molecular weight excluding hydrogens is 542 g/mol. The Labute approximate surface area is 253 Å². The Balaban J connectivity index is 1.58. The van der Waals surface area contributed by atoms with Crippen molar-refractivity contribution in [3.05, 3.63) is 87.0 Å². The van der Waals surface area contributed by atoms with Gasteiger partial charge in [0.1, 0.15) is 0 Å². The highest BCUT2D eigenvalue weighted by Crippen LogP contribution is 2.35. The normalized spacial score (nSPS) is 14.7. The van der Waals surface area contributed by atoms with Crippen LogP contribution in [0.4, 0.5) is 5.69 Å². The van der Waals surface area contributed by atoms with Gasteiger partial charge in [0.15, 0.2) is 6.23 Å². The maximum atomic E-state index is 13.8. The van der Waals surface area contributed by atoms with E-state index in [1.54, 1.807) is 0 Å². The molecule has 1 saturated heterocycles. The molecular formula is C34H43N5O4. The van der Waals surface area contributed by atoms with Crippen molar-refractivity contribution in [3.63, 3.8) is 0 Å². The number of anilines is 1. The van der Waals surface area contributed by atoms with Crippen LogP contribution in [0.15, 0.2) is 53.5 Å². The molecule has 1 aliphatic heterocycles. The number of H-pyrrole nitrogens is 1. The van der Waals surface area contributed by atoms with Gasteiger partial charge in [0, 0.05) is 79.5 Å². The average molecular weight is 586 g/mol. The standard InChI is InChI=1S/C34H43N5O4/c1-21(2)33(38-14-16-42-17-15-38)43-34-24(5)28(31(40)35-20-29-22(3)18-23(4)36-32(29)41)19-30-27(12-13-39(30)34)25-8-10-26(11-9-25)37(6)7/h8-13,18-19,21,33H,14-17,20H2,1-7H3,(H,35,40)(H,36,41). The number of nitrogens with one attached hydrogen (secondary N) is 2. The molecule has 1 atom stereocenters. The smallest absolute Gasteiger partial charge is 0.253 e. The lowest BCUT2D eigenvalue weighted by Crippen LogP contribution is -2.49. The van der Waals surface area contributed by atoms with Gasteiger partial charge in [-0.05, 0) is 62.2 Å². The number of pyridine rings is 2. The summed E-state index contributed by atoms with van der Waals surface area (Å²) in [5.41, 5.74) is 7.28. The van der Waals surface area contributed by atoms with E-state index in [0.717, 1.165) is 52.2 Å². The molecule has 1 aliphatic rings. The van der Waals surface area contributed by atoms with Crippen LogP contribution in [0.3, 0.4) is 0 Å². The molecule has 0 bridgehead atoms. The van der Waals surface area contributed by atoms with E-state index in [0.29, 0.717) is 30.2 Å². The van der Waals surface area contributed by atoms with Gasteiger partial charge < -0.3 is 24.7 Å². The van der Waals surface area contributed by atoms with E-state index in [4.69, 9.17) is 9.47 Å². The van der Waals surface area contributed by atoms with Crippen LogP contribution in [-0.4, -0.2) is 66.8 Å². The van der Waals surface area contributed by atoms with Crippen molar-refractivity contribution in [2.75, 3.05) is 45.3 Å². The number of carbonyl (C=O) groups excluding carboxylic acids is 1. The van der Waals surface area contributed by atoms with E-state index in [1.165, 1.54) is 0 Å². The summed E-state index contributed by atoms with van der Waals surface area (Å²) in [6, 6.07) is 14.3. The third kappa shape index (κ3) is 6.33. The van der Waals surface area contributed by atoms with Gasteiger partial charge in [-0.2, -0.15) is 0 Å². The van der Waals surface area contributed by atoms with Crippen LogP contribution in [-0.2, 0) is 11.3 Å². The fourth-order valence-corrected chi connectivity index (χ4v) is 5.82. The second-order valence-corrected chi connectivity index (χ2v) is 11.9. The fraction of sp³-hybridized carbons (Fsp3) is 0.412. The molecule has 228 valence electrons. The molecule has 1 fully saturated rings. The first-order chi connectivity index (χ1) is 20.5. The molecule has 1 amide bonds.